The molecule has 0 atom stereocenters. The quantitative estimate of drug-likeness (QED) is 0.585. The summed E-state index contributed by atoms with van der Waals surface area (Å²) in [6.07, 6.45) is 0.558. The van der Waals surface area contributed by atoms with Gasteiger partial charge in [0.15, 0.2) is 0 Å². The molecule has 0 saturated carbocycles. The van der Waals surface area contributed by atoms with Gasteiger partial charge in [-0.3, -0.25) is 14.4 Å². The van der Waals surface area contributed by atoms with E-state index >= 15 is 0 Å². The Morgan fingerprint density at radius 3 is 2.32 bits per heavy atom. The van der Waals surface area contributed by atoms with E-state index in [0.717, 1.165) is 0 Å². The number of ether oxygens (including phenoxy) is 1. The SMILES string of the molecule is COc1ccc(C(=O)NCCC(=O)NCCCC(=O)O)cc1. The van der Waals surface area contributed by atoms with Crippen molar-refractivity contribution in [1.29, 1.82) is 0 Å². The minimum absolute atomic E-state index is 0.0223. The Hall–Kier alpha value is -2.57. The third-order valence-corrected chi connectivity index (χ3v) is 2.88. The molecule has 0 unspecified atom stereocenters. The zero-order valence-corrected chi connectivity index (χ0v) is 12.4. The van der Waals surface area contributed by atoms with Crippen LogP contribution in [-0.2, 0) is 9.59 Å². The van der Waals surface area contributed by atoms with E-state index in [1.807, 2.05) is 0 Å². The maximum absolute atomic E-state index is 11.8. The number of hydrogen-bond donors (Lipinski definition) is 3. The summed E-state index contributed by atoms with van der Waals surface area (Å²) in [6.45, 7) is 0.535. The molecule has 0 aromatic heterocycles. The summed E-state index contributed by atoms with van der Waals surface area (Å²) in [7, 11) is 1.55. The van der Waals surface area contributed by atoms with Crippen molar-refractivity contribution < 1.29 is 24.2 Å². The molecule has 0 aliphatic carbocycles. The Labute approximate surface area is 128 Å². The van der Waals surface area contributed by atoms with Crippen LogP contribution in [-0.4, -0.2) is 43.1 Å². The van der Waals surface area contributed by atoms with Gasteiger partial charge in [-0.2, -0.15) is 0 Å². The van der Waals surface area contributed by atoms with Gasteiger partial charge < -0.3 is 20.5 Å². The Morgan fingerprint density at radius 2 is 1.73 bits per heavy atom. The van der Waals surface area contributed by atoms with E-state index in [2.05, 4.69) is 10.6 Å². The summed E-state index contributed by atoms with van der Waals surface area (Å²) in [5.74, 6) is -0.708. The van der Waals surface area contributed by atoms with Gasteiger partial charge in [0.2, 0.25) is 5.91 Å². The molecule has 0 fully saturated rings. The molecule has 120 valence electrons. The predicted molar refractivity (Wildman–Crippen MR) is 79.8 cm³/mol. The van der Waals surface area contributed by atoms with Crippen LogP contribution in [0, 0.1) is 0 Å². The summed E-state index contributed by atoms with van der Waals surface area (Å²) in [5.41, 5.74) is 0.489. The van der Waals surface area contributed by atoms with Crippen LogP contribution >= 0.6 is 0 Å². The first-order valence-corrected chi connectivity index (χ1v) is 6.93. The topological polar surface area (TPSA) is 105 Å². The van der Waals surface area contributed by atoms with Gasteiger partial charge in [-0.05, 0) is 30.7 Å². The van der Waals surface area contributed by atoms with E-state index in [-0.39, 0.29) is 31.2 Å². The smallest absolute Gasteiger partial charge is 0.303 e. The number of carboxylic acids is 1. The van der Waals surface area contributed by atoms with Gasteiger partial charge in [0.25, 0.3) is 5.91 Å². The van der Waals surface area contributed by atoms with Crippen molar-refractivity contribution in [2.45, 2.75) is 19.3 Å². The van der Waals surface area contributed by atoms with Crippen molar-refractivity contribution in [2.75, 3.05) is 20.2 Å². The lowest BCUT2D eigenvalue weighted by Gasteiger charge is -2.07. The second-order valence-corrected chi connectivity index (χ2v) is 4.58. The lowest BCUT2D eigenvalue weighted by Crippen LogP contribution is -2.31. The van der Waals surface area contributed by atoms with Gasteiger partial charge in [0.1, 0.15) is 5.75 Å². The molecule has 0 spiro atoms. The second kappa shape index (κ2) is 9.38. The van der Waals surface area contributed by atoms with Gasteiger partial charge in [-0.15, -0.1) is 0 Å². The molecule has 2 amide bonds. The molecule has 0 aliphatic heterocycles. The van der Waals surface area contributed by atoms with Gasteiger partial charge in [0.05, 0.1) is 7.11 Å². The summed E-state index contributed by atoms with van der Waals surface area (Å²) >= 11 is 0. The normalized spacial score (nSPS) is 9.86. The lowest BCUT2D eigenvalue weighted by molar-refractivity contribution is -0.137. The van der Waals surface area contributed by atoms with Gasteiger partial charge in [-0.1, -0.05) is 0 Å². The highest BCUT2D eigenvalue weighted by Gasteiger charge is 2.07. The van der Waals surface area contributed by atoms with Crippen LogP contribution in [0.5, 0.6) is 5.75 Å². The number of carbonyl (C=O) groups is 3. The molecular formula is C15H20N2O5. The Balaban J connectivity index is 2.21. The van der Waals surface area contributed by atoms with Crippen LogP contribution in [0.25, 0.3) is 0 Å². The molecule has 1 aromatic carbocycles. The third-order valence-electron chi connectivity index (χ3n) is 2.88. The highest BCUT2D eigenvalue weighted by molar-refractivity contribution is 5.94. The number of nitrogens with one attached hydrogen (secondary N) is 2. The van der Waals surface area contributed by atoms with Crippen LogP contribution in [0.1, 0.15) is 29.6 Å². The molecule has 0 saturated heterocycles. The van der Waals surface area contributed by atoms with E-state index in [9.17, 15) is 14.4 Å². The number of hydrogen-bond acceptors (Lipinski definition) is 4. The fourth-order valence-electron chi connectivity index (χ4n) is 1.69. The van der Waals surface area contributed by atoms with E-state index in [4.69, 9.17) is 9.84 Å². The van der Waals surface area contributed by atoms with Crippen LogP contribution in [0.15, 0.2) is 24.3 Å². The van der Waals surface area contributed by atoms with Gasteiger partial charge in [-0.25, -0.2) is 0 Å². The van der Waals surface area contributed by atoms with Gasteiger partial charge >= 0.3 is 5.97 Å². The zero-order chi connectivity index (χ0) is 16.4. The summed E-state index contributed by atoms with van der Waals surface area (Å²) in [5, 5.41) is 13.7. The molecular weight excluding hydrogens is 288 g/mol. The molecule has 1 aromatic rings. The average molecular weight is 308 g/mol. The number of benzene rings is 1. The minimum Gasteiger partial charge on any atom is -0.497 e. The largest absolute Gasteiger partial charge is 0.497 e. The third kappa shape index (κ3) is 6.74. The van der Waals surface area contributed by atoms with E-state index in [1.54, 1.807) is 31.4 Å². The molecule has 0 aliphatic rings. The van der Waals surface area contributed by atoms with Gasteiger partial charge in [0, 0.05) is 31.5 Å². The summed E-state index contributed by atoms with van der Waals surface area (Å²) in [4.78, 5) is 33.6. The monoisotopic (exact) mass is 308 g/mol. The first-order chi connectivity index (χ1) is 10.5. The van der Waals surface area contributed by atoms with E-state index in [1.165, 1.54) is 0 Å². The van der Waals surface area contributed by atoms with Crippen molar-refractivity contribution >= 4 is 17.8 Å². The van der Waals surface area contributed by atoms with Crippen LogP contribution in [0.3, 0.4) is 0 Å². The van der Waals surface area contributed by atoms with E-state index in [0.29, 0.717) is 24.3 Å². The lowest BCUT2D eigenvalue weighted by atomic mass is 10.2. The molecule has 22 heavy (non-hydrogen) atoms. The zero-order valence-electron chi connectivity index (χ0n) is 12.4. The minimum atomic E-state index is -0.888. The first-order valence-electron chi connectivity index (χ1n) is 6.93. The number of carboxylic acid groups (broad SMARTS) is 1. The highest BCUT2D eigenvalue weighted by Crippen LogP contribution is 2.10. The van der Waals surface area contributed by atoms with Crippen molar-refractivity contribution in [3.05, 3.63) is 29.8 Å². The number of rotatable bonds is 9. The van der Waals surface area contributed by atoms with Crippen LogP contribution in [0.4, 0.5) is 0 Å². The Kier molecular flexibility index (Phi) is 7.45. The molecule has 7 nitrogen and oxygen atoms in total. The molecule has 1 rings (SSSR count). The molecule has 0 heterocycles. The number of amides is 2. The average Bonchev–Trinajstić information content (AvgIpc) is 2.51. The molecule has 7 heteroatoms. The maximum atomic E-state index is 11.8. The van der Waals surface area contributed by atoms with Crippen molar-refractivity contribution in [1.82, 2.24) is 10.6 Å². The van der Waals surface area contributed by atoms with Crippen LogP contribution < -0.4 is 15.4 Å². The predicted octanol–water partition coefficient (Wildman–Crippen LogP) is 0.796. The van der Waals surface area contributed by atoms with Crippen LogP contribution in [0.2, 0.25) is 0 Å². The molecule has 0 radical (unpaired) electrons. The van der Waals surface area contributed by atoms with E-state index < -0.39 is 5.97 Å². The maximum Gasteiger partial charge on any atom is 0.303 e. The number of methoxy groups -OCH3 is 1. The van der Waals surface area contributed by atoms with Crippen molar-refractivity contribution in [3.8, 4) is 5.75 Å². The summed E-state index contributed by atoms with van der Waals surface area (Å²) < 4.78 is 5.00. The highest BCUT2D eigenvalue weighted by atomic mass is 16.5. The standard InChI is InChI=1S/C15H20N2O5/c1-22-12-6-4-11(5-7-12)15(21)17-10-8-13(18)16-9-2-3-14(19)20/h4-7H,2-3,8-10H2,1H3,(H,16,18)(H,17,21)(H,19,20). The first kappa shape index (κ1) is 17.5. The Morgan fingerprint density at radius 1 is 1.05 bits per heavy atom. The van der Waals surface area contributed by atoms with Crippen molar-refractivity contribution in [2.24, 2.45) is 0 Å². The number of carbonyl (C=O) groups excluding carboxylic acids is 2. The summed E-state index contributed by atoms with van der Waals surface area (Å²) in [6, 6.07) is 6.65. The van der Waals surface area contributed by atoms with Crippen molar-refractivity contribution in [3.63, 3.8) is 0 Å². The Bertz CT molecular complexity index is 513. The molecule has 0 bridgehead atoms. The number of aliphatic carboxylic acids is 1. The fraction of sp³-hybridized carbons (Fsp3) is 0.400. The fourth-order valence-corrected chi connectivity index (χ4v) is 1.69. The molecule has 3 N–H and O–H groups in total. The second-order valence-electron chi connectivity index (χ2n) is 4.58.